The fraction of sp³-hybridized carbons (Fsp3) is 0.182. The molecule has 0 radical (unpaired) electrons. The van der Waals surface area contributed by atoms with Crippen LogP contribution in [0.25, 0.3) is 4.96 Å². The van der Waals surface area contributed by atoms with Crippen molar-refractivity contribution < 1.29 is 8.42 Å². The first-order chi connectivity index (χ1) is 9.95. The quantitative estimate of drug-likeness (QED) is 0.736. The molecule has 1 aromatic carbocycles. The molecule has 0 spiro atoms. The van der Waals surface area contributed by atoms with Crippen LogP contribution in [-0.4, -0.2) is 28.2 Å². The lowest BCUT2D eigenvalue weighted by Gasteiger charge is -2.04. The Balaban J connectivity index is 1.78. The smallest absolute Gasteiger partial charge is 0.207 e. The van der Waals surface area contributed by atoms with Crippen LogP contribution >= 0.6 is 27.3 Å². The summed E-state index contributed by atoms with van der Waals surface area (Å²) in [6.45, 7) is 1.90. The number of halogens is 1. The van der Waals surface area contributed by atoms with Gasteiger partial charge in [-0.3, -0.25) is 0 Å². The molecule has 1 N–H and O–H groups in total. The Kier molecular flexibility index (Phi) is 3.78. The van der Waals surface area contributed by atoms with Gasteiger partial charge in [-0.25, -0.2) is 13.1 Å². The van der Waals surface area contributed by atoms with E-state index in [0.29, 0.717) is 15.8 Å². The van der Waals surface area contributed by atoms with Gasteiger partial charge in [0.1, 0.15) is 5.01 Å². The Morgan fingerprint density at radius 2 is 2.00 bits per heavy atom. The topological polar surface area (TPSA) is 89.2 Å². The second-order valence-corrected chi connectivity index (χ2v) is 7.94. The lowest BCUT2D eigenvalue weighted by Crippen LogP contribution is -2.23. The van der Waals surface area contributed by atoms with Gasteiger partial charge in [0.15, 0.2) is 5.82 Å². The zero-order valence-electron chi connectivity index (χ0n) is 10.8. The molecule has 0 amide bonds. The molecule has 0 aliphatic heterocycles. The molecule has 2 aromatic heterocycles. The van der Waals surface area contributed by atoms with Gasteiger partial charge in [-0.1, -0.05) is 27.3 Å². The van der Waals surface area contributed by atoms with Crippen LogP contribution in [0.5, 0.6) is 0 Å². The predicted molar refractivity (Wildman–Crippen MR) is 81.6 cm³/mol. The molecule has 3 rings (SSSR count). The number of rotatable bonds is 4. The van der Waals surface area contributed by atoms with E-state index in [2.05, 4.69) is 35.9 Å². The highest BCUT2D eigenvalue weighted by Gasteiger charge is 2.15. The summed E-state index contributed by atoms with van der Waals surface area (Å²) in [5, 5.41) is 12.7. The number of hydrogen-bond acceptors (Lipinski definition) is 6. The fourth-order valence-electron chi connectivity index (χ4n) is 1.68. The number of sulfonamides is 1. The molecule has 0 saturated heterocycles. The second kappa shape index (κ2) is 5.44. The summed E-state index contributed by atoms with van der Waals surface area (Å²) in [5.74, 6) is 0.670. The van der Waals surface area contributed by atoms with Gasteiger partial charge in [0.05, 0.1) is 11.4 Å². The van der Waals surface area contributed by atoms with Crippen molar-refractivity contribution >= 4 is 42.3 Å². The first-order valence-electron chi connectivity index (χ1n) is 5.89. The van der Waals surface area contributed by atoms with Crippen LogP contribution in [0.2, 0.25) is 0 Å². The summed E-state index contributed by atoms with van der Waals surface area (Å²) >= 11 is 4.57. The van der Waals surface area contributed by atoms with E-state index in [1.54, 1.807) is 23.6 Å². The molecule has 0 bridgehead atoms. The van der Waals surface area contributed by atoms with Gasteiger partial charge in [-0.2, -0.15) is 9.61 Å². The third-order valence-electron chi connectivity index (χ3n) is 2.73. The Morgan fingerprint density at radius 3 is 2.67 bits per heavy atom. The van der Waals surface area contributed by atoms with Crippen LogP contribution in [0.1, 0.15) is 10.8 Å². The van der Waals surface area contributed by atoms with E-state index < -0.39 is 10.0 Å². The normalized spacial score (nSPS) is 12.1. The minimum atomic E-state index is -3.56. The van der Waals surface area contributed by atoms with Gasteiger partial charge in [0, 0.05) is 4.47 Å². The molecule has 2 heterocycles. The highest BCUT2D eigenvalue weighted by molar-refractivity contribution is 9.10. The molecule has 0 saturated carbocycles. The van der Waals surface area contributed by atoms with Gasteiger partial charge in [0.2, 0.25) is 15.0 Å². The third kappa shape index (κ3) is 2.98. The first kappa shape index (κ1) is 14.6. The number of aromatic nitrogens is 4. The number of nitrogens with zero attached hydrogens (tertiary/aromatic N) is 4. The summed E-state index contributed by atoms with van der Waals surface area (Å²) in [6.07, 6.45) is 0. The molecule has 0 aliphatic carbocycles. The average Bonchev–Trinajstić information content (AvgIpc) is 3.00. The summed E-state index contributed by atoms with van der Waals surface area (Å²) in [5.41, 5.74) is 0. The number of fused-ring (bicyclic) bond motifs is 1. The lowest BCUT2D eigenvalue weighted by molar-refractivity contribution is 0.580. The molecular formula is C11H10BrN5O2S2. The highest BCUT2D eigenvalue weighted by Crippen LogP contribution is 2.16. The highest BCUT2D eigenvalue weighted by atomic mass is 79.9. The molecule has 110 valence electrons. The fourth-order valence-corrected chi connectivity index (χ4v) is 3.84. The van der Waals surface area contributed by atoms with Crippen LogP contribution in [0, 0.1) is 6.92 Å². The molecule has 10 heteroatoms. The number of aryl methyl sites for hydroxylation is 1. The first-order valence-corrected chi connectivity index (χ1v) is 8.98. The van der Waals surface area contributed by atoms with E-state index in [-0.39, 0.29) is 11.4 Å². The standard InChI is InChI=1S/C11H10BrN5O2S2/c1-7-14-15-11-17(7)16-10(20-11)6-13-21(18,19)9-4-2-8(12)3-5-9/h2-5,13H,6H2,1H3. The van der Waals surface area contributed by atoms with Crippen LogP contribution in [0.4, 0.5) is 0 Å². The van der Waals surface area contributed by atoms with Crippen molar-refractivity contribution in [3.8, 4) is 0 Å². The zero-order valence-corrected chi connectivity index (χ0v) is 14.0. The van der Waals surface area contributed by atoms with Crippen LogP contribution in [0.3, 0.4) is 0 Å². The second-order valence-electron chi connectivity index (χ2n) is 4.22. The Morgan fingerprint density at radius 1 is 1.29 bits per heavy atom. The third-order valence-corrected chi connectivity index (χ3v) is 5.57. The van der Waals surface area contributed by atoms with Crippen molar-refractivity contribution in [3.63, 3.8) is 0 Å². The molecular weight excluding hydrogens is 378 g/mol. The van der Waals surface area contributed by atoms with E-state index >= 15 is 0 Å². The summed E-state index contributed by atoms with van der Waals surface area (Å²) in [4.78, 5) is 0.857. The van der Waals surface area contributed by atoms with Crippen molar-refractivity contribution in [2.24, 2.45) is 0 Å². The van der Waals surface area contributed by atoms with Gasteiger partial charge in [-0.15, -0.1) is 10.2 Å². The Bertz CT molecular complexity index is 885. The van der Waals surface area contributed by atoms with Gasteiger partial charge >= 0.3 is 0 Å². The molecule has 7 nitrogen and oxygen atoms in total. The maximum atomic E-state index is 12.2. The van der Waals surface area contributed by atoms with Gasteiger partial charge in [-0.05, 0) is 31.2 Å². The molecule has 21 heavy (non-hydrogen) atoms. The molecule has 0 fully saturated rings. The number of benzene rings is 1. The molecule has 0 aliphatic rings. The summed E-state index contributed by atoms with van der Waals surface area (Å²) < 4.78 is 29.2. The van der Waals surface area contributed by atoms with E-state index in [1.807, 2.05) is 0 Å². The van der Waals surface area contributed by atoms with Crippen molar-refractivity contribution in [1.29, 1.82) is 0 Å². The van der Waals surface area contributed by atoms with E-state index in [9.17, 15) is 8.42 Å². The maximum Gasteiger partial charge on any atom is 0.240 e. The molecule has 0 unspecified atom stereocenters. The lowest BCUT2D eigenvalue weighted by atomic mass is 10.4. The minimum Gasteiger partial charge on any atom is -0.207 e. The SMILES string of the molecule is Cc1nnc2sc(CNS(=O)(=O)c3ccc(Br)cc3)nn12. The predicted octanol–water partition coefficient (Wildman–Crippen LogP) is 1.74. The van der Waals surface area contributed by atoms with E-state index in [4.69, 9.17) is 0 Å². The summed E-state index contributed by atoms with van der Waals surface area (Å²) in [6, 6.07) is 6.44. The van der Waals surface area contributed by atoms with Crippen LogP contribution in [0.15, 0.2) is 33.6 Å². The number of hydrogen-bond donors (Lipinski definition) is 1. The monoisotopic (exact) mass is 387 g/mol. The van der Waals surface area contributed by atoms with Gasteiger partial charge < -0.3 is 0 Å². The zero-order chi connectivity index (χ0) is 15.0. The maximum absolute atomic E-state index is 12.2. The largest absolute Gasteiger partial charge is 0.240 e. The molecule has 3 aromatic rings. The van der Waals surface area contributed by atoms with E-state index in [1.165, 1.54) is 23.5 Å². The van der Waals surface area contributed by atoms with Crippen LogP contribution < -0.4 is 4.72 Å². The molecule has 0 atom stereocenters. The minimum absolute atomic E-state index is 0.117. The van der Waals surface area contributed by atoms with Gasteiger partial charge in [0.25, 0.3) is 0 Å². The van der Waals surface area contributed by atoms with Crippen LogP contribution in [-0.2, 0) is 16.6 Å². The Hall–Kier alpha value is -1.36. The Labute approximate surface area is 133 Å². The van der Waals surface area contributed by atoms with Crippen molar-refractivity contribution in [1.82, 2.24) is 24.5 Å². The summed E-state index contributed by atoms with van der Waals surface area (Å²) in [7, 11) is -3.56. The van der Waals surface area contributed by atoms with Crippen molar-refractivity contribution in [2.75, 3.05) is 0 Å². The van der Waals surface area contributed by atoms with Crippen molar-refractivity contribution in [3.05, 3.63) is 39.6 Å². The average molecular weight is 388 g/mol. The van der Waals surface area contributed by atoms with Crippen molar-refractivity contribution in [2.45, 2.75) is 18.4 Å². The number of nitrogens with one attached hydrogen (secondary N) is 1. The van der Waals surface area contributed by atoms with E-state index in [0.717, 1.165) is 4.47 Å².